The number of fused-ring (bicyclic) bond motifs is 1. The van der Waals surface area contributed by atoms with Crippen molar-refractivity contribution in [2.45, 2.75) is 12.6 Å². The first-order valence-corrected chi connectivity index (χ1v) is 11.8. The number of H-pyrrole nitrogens is 1. The lowest BCUT2D eigenvalue weighted by Crippen LogP contribution is -2.36. The highest BCUT2D eigenvalue weighted by Gasteiger charge is 2.22. The van der Waals surface area contributed by atoms with Crippen molar-refractivity contribution >= 4 is 28.3 Å². The number of aliphatic hydroxyl groups excluding tert-OH is 1. The molecular formula is C25H19F2N5O3S. The summed E-state index contributed by atoms with van der Waals surface area (Å²) < 4.78 is 28.0. The van der Waals surface area contributed by atoms with Crippen LogP contribution in [0, 0.1) is 11.6 Å². The van der Waals surface area contributed by atoms with E-state index in [-0.39, 0.29) is 12.1 Å². The zero-order chi connectivity index (χ0) is 25.2. The van der Waals surface area contributed by atoms with Crippen molar-refractivity contribution in [1.29, 1.82) is 0 Å². The molecule has 0 aliphatic heterocycles. The van der Waals surface area contributed by atoms with E-state index < -0.39 is 35.7 Å². The van der Waals surface area contributed by atoms with Gasteiger partial charge >= 0.3 is 0 Å². The minimum atomic E-state index is -1.02. The zero-order valence-corrected chi connectivity index (χ0v) is 19.4. The highest BCUT2D eigenvalue weighted by atomic mass is 32.1. The fraction of sp³-hybridized carbons (Fsp3) is 0.120. The van der Waals surface area contributed by atoms with E-state index in [0.717, 1.165) is 28.7 Å². The van der Waals surface area contributed by atoms with Crippen LogP contribution in [0.25, 0.3) is 22.3 Å². The van der Waals surface area contributed by atoms with Crippen molar-refractivity contribution in [3.8, 4) is 11.3 Å². The first kappa shape index (κ1) is 23.5. The molecular weight excluding hydrogens is 488 g/mol. The number of rotatable bonds is 7. The molecule has 4 aromatic heterocycles. The van der Waals surface area contributed by atoms with Crippen LogP contribution in [-0.4, -0.2) is 37.1 Å². The molecule has 36 heavy (non-hydrogen) atoms. The number of pyridine rings is 2. The van der Waals surface area contributed by atoms with Gasteiger partial charge in [0.15, 0.2) is 11.6 Å². The number of aliphatic hydroxyl groups is 1. The molecule has 1 amide bonds. The Hall–Kier alpha value is -4.22. The number of amides is 1. The summed E-state index contributed by atoms with van der Waals surface area (Å²) in [5.41, 5.74) is 1.82. The maximum absolute atomic E-state index is 13.5. The predicted octanol–water partition coefficient (Wildman–Crippen LogP) is 3.64. The van der Waals surface area contributed by atoms with Crippen LogP contribution in [0.5, 0.6) is 0 Å². The van der Waals surface area contributed by atoms with Gasteiger partial charge in [-0.2, -0.15) is 0 Å². The summed E-state index contributed by atoms with van der Waals surface area (Å²) in [4.78, 5) is 37.8. The Morgan fingerprint density at radius 2 is 2.06 bits per heavy atom. The van der Waals surface area contributed by atoms with Gasteiger partial charge in [0, 0.05) is 34.9 Å². The monoisotopic (exact) mass is 507 g/mol. The van der Waals surface area contributed by atoms with E-state index in [0.29, 0.717) is 16.3 Å². The Balaban J connectivity index is 1.36. The van der Waals surface area contributed by atoms with Gasteiger partial charge in [-0.05, 0) is 42.0 Å². The number of carbonyl (C=O) groups excluding carboxylic acids is 1. The van der Waals surface area contributed by atoms with Gasteiger partial charge in [-0.1, -0.05) is 6.07 Å². The maximum Gasteiger partial charge on any atom is 0.263 e. The number of hydrogen-bond acceptors (Lipinski definition) is 6. The SMILES string of the molecule is O=C(N[C@H](CO)c1nc(-c2c[nH]c3ncccc23)cs1)c1cccn(Cc2ccc(F)c(F)c2)c1=O. The summed E-state index contributed by atoms with van der Waals surface area (Å²) in [7, 11) is 0. The Labute approximate surface area is 206 Å². The second-order valence-corrected chi connectivity index (χ2v) is 8.87. The molecule has 1 aromatic carbocycles. The van der Waals surface area contributed by atoms with Crippen molar-refractivity contribution < 1.29 is 18.7 Å². The van der Waals surface area contributed by atoms with Crippen molar-refractivity contribution in [3.05, 3.63) is 105 Å². The Kier molecular flexibility index (Phi) is 6.40. The molecule has 0 unspecified atom stereocenters. The number of hydrogen-bond donors (Lipinski definition) is 3. The predicted molar refractivity (Wildman–Crippen MR) is 131 cm³/mol. The summed E-state index contributed by atoms with van der Waals surface area (Å²) in [6, 6.07) is 9.12. The van der Waals surface area contributed by atoms with E-state index in [1.54, 1.807) is 12.4 Å². The number of benzene rings is 1. The first-order chi connectivity index (χ1) is 17.4. The van der Waals surface area contributed by atoms with Gasteiger partial charge in [0.2, 0.25) is 0 Å². The van der Waals surface area contributed by atoms with Crippen LogP contribution in [0.2, 0.25) is 0 Å². The van der Waals surface area contributed by atoms with Crippen LogP contribution in [0.1, 0.15) is 27.0 Å². The second kappa shape index (κ2) is 9.80. The van der Waals surface area contributed by atoms with Gasteiger partial charge < -0.3 is 20.0 Å². The highest BCUT2D eigenvalue weighted by Crippen LogP contribution is 2.30. The van der Waals surface area contributed by atoms with Crippen molar-refractivity contribution in [2.24, 2.45) is 0 Å². The molecule has 5 aromatic rings. The Morgan fingerprint density at radius 3 is 2.86 bits per heavy atom. The first-order valence-electron chi connectivity index (χ1n) is 10.9. The quantitative estimate of drug-likeness (QED) is 0.311. The molecule has 0 aliphatic carbocycles. The van der Waals surface area contributed by atoms with Gasteiger partial charge in [0.05, 0.1) is 18.8 Å². The summed E-state index contributed by atoms with van der Waals surface area (Å²) in [6.45, 7) is -0.472. The lowest BCUT2D eigenvalue weighted by Gasteiger charge is -2.14. The number of aromatic amines is 1. The zero-order valence-electron chi connectivity index (χ0n) is 18.6. The summed E-state index contributed by atoms with van der Waals surface area (Å²) >= 11 is 1.27. The molecule has 3 N–H and O–H groups in total. The summed E-state index contributed by atoms with van der Waals surface area (Å²) in [5.74, 6) is -2.69. The van der Waals surface area contributed by atoms with Gasteiger partial charge in [-0.25, -0.2) is 18.7 Å². The van der Waals surface area contributed by atoms with E-state index in [2.05, 4.69) is 20.3 Å². The van der Waals surface area contributed by atoms with Crippen LogP contribution in [0.3, 0.4) is 0 Å². The summed E-state index contributed by atoms with van der Waals surface area (Å²) in [6.07, 6.45) is 4.93. The maximum atomic E-state index is 13.5. The normalized spacial score (nSPS) is 12.1. The van der Waals surface area contributed by atoms with Crippen LogP contribution < -0.4 is 10.9 Å². The number of thiazole rings is 1. The van der Waals surface area contributed by atoms with Crippen molar-refractivity contribution in [1.82, 2.24) is 24.8 Å². The third-order valence-corrected chi connectivity index (χ3v) is 6.60. The molecule has 0 saturated carbocycles. The average Bonchev–Trinajstić information content (AvgIpc) is 3.53. The van der Waals surface area contributed by atoms with E-state index in [4.69, 9.17) is 0 Å². The number of nitrogens with zero attached hydrogens (tertiary/aromatic N) is 3. The van der Waals surface area contributed by atoms with Crippen LogP contribution in [0.15, 0.2) is 71.2 Å². The van der Waals surface area contributed by atoms with Crippen LogP contribution >= 0.6 is 11.3 Å². The topological polar surface area (TPSA) is 113 Å². The molecule has 4 heterocycles. The van der Waals surface area contributed by atoms with E-state index in [1.807, 2.05) is 17.5 Å². The molecule has 0 aliphatic rings. The average molecular weight is 508 g/mol. The lowest BCUT2D eigenvalue weighted by atomic mass is 10.2. The lowest BCUT2D eigenvalue weighted by molar-refractivity contribution is 0.0914. The third-order valence-electron chi connectivity index (χ3n) is 5.64. The third kappa shape index (κ3) is 4.53. The van der Waals surface area contributed by atoms with Gasteiger partial charge in [0.1, 0.15) is 22.3 Å². The molecule has 0 saturated heterocycles. The molecule has 0 spiro atoms. The second-order valence-electron chi connectivity index (χ2n) is 7.98. The molecule has 8 nitrogen and oxygen atoms in total. The fourth-order valence-corrected chi connectivity index (χ4v) is 4.69. The molecule has 0 bridgehead atoms. The van der Waals surface area contributed by atoms with E-state index in [9.17, 15) is 23.5 Å². The molecule has 0 fully saturated rings. The van der Waals surface area contributed by atoms with Gasteiger partial charge in [-0.15, -0.1) is 11.3 Å². The largest absolute Gasteiger partial charge is 0.394 e. The minimum Gasteiger partial charge on any atom is -0.394 e. The molecule has 182 valence electrons. The fourth-order valence-electron chi connectivity index (χ4n) is 3.83. The summed E-state index contributed by atoms with van der Waals surface area (Å²) in [5, 5.41) is 15.8. The molecule has 0 radical (unpaired) electrons. The number of halogens is 2. The van der Waals surface area contributed by atoms with Crippen LogP contribution in [-0.2, 0) is 6.54 Å². The van der Waals surface area contributed by atoms with Crippen molar-refractivity contribution in [2.75, 3.05) is 6.61 Å². The number of nitrogens with one attached hydrogen (secondary N) is 2. The molecule has 11 heteroatoms. The number of aromatic nitrogens is 4. The van der Waals surface area contributed by atoms with Crippen LogP contribution in [0.4, 0.5) is 8.78 Å². The minimum absolute atomic E-state index is 0.0457. The van der Waals surface area contributed by atoms with E-state index in [1.165, 1.54) is 40.3 Å². The Morgan fingerprint density at radius 1 is 1.19 bits per heavy atom. The molecule has 1 atom stereocenters. The van der Waals surface area contributed by atoms with E-state index >= 15 is 0 Å². The Bertz CT molecular complexity index is 1630. The molecule has 5 rings (SSSR count). The standard InChI is InChI=1S/C25H19F2N5O3S/c26-18-6-5-14(9-19(18)27)11-32-8-2-4-16(25(32)35)23(34)30-20(12-33)24-31-21(13-36-24)17-10-29-22-15(17)3-1-7-28-22/h1-10,13,20,33H,11-12H2,(H,28,29)(H,30,34)/t20-/m1/s1. The van der Waals surface area contributed by atoms with Gasteiger partial charge in [0.25, 0.3) is 11.5 Å². The van der Waals surface area contributed by atoms with Gasteiger partial charge in [-0.3, -0.25) is 9.59 Å². The highest BCUT2D eigenvalue weighted by molar-refractivity contribution is 7.10. The van der Waals surface area contributed by atoms with Crippen molar-refractivity contribution in [3.63, 3.8) is 0 Å². The smallest absolute Gasteiger partial charge is 0.263 e. The number of carbonyl (C=O) groups is 1.